The third-order valence-corrected chi connectivity index (χ3v) is 5.35. The summed E-state index contributed by atoms with van der Waals surface area (Å²) in [4.78, 5) is 16.5. The predicted octanol–water partition coefficient (Wildman–Crippen LogP) is 1.28. The van der Waals surface area contributed by atoms with Gasteiger partial charge in [-0.05, 0) is 30.3 Å². The number of hydrogen-bond donors (Lipinski definition) is 1. The number of pyridine rings is 1. The van der Waals surface area contributed by atoms with Crippen LogP contribution in [0, 0.1) is 0 Å². The Balaban J connectivity index is 1.74. The van der Waals surface area contributed by atoms with Crippen molar-refractivity contribution in [2.24, 2.45) is 7.05 Å². The van der Waals surface area contributed by atoms with Gasteiger partial charge in [-0.3, -0.25) is 9.55 Å². The second-order valence-electron chi connectivity index (χ2n) is 5.46. The van der Waals surface area contributed by atoms with E-state index >= 15 is 0 Å². The smallest absolute Gasteiger partial charge is 0.277 e. The maximum atomic E-state index is 12.3. The number of hydrogen-bond acceptors (Lipinski definition) is 5. The normalized spacial score (nSPS) is 11.6. The van der Waals surface area contributed by atoms with Crippen molar-refractivity contribution in [1.82, 2.24) is 24.1 Å². The molecule has 0 spiro atoms. The molecule has 0 amide bonds. The van der Waals surface area contributed by atoms with Gasteiger partial charge in [-0.15, -0.1) is 5.10 Å². The fraction of sp³-hybridized carbons (Fsp3) is 0.188. The van der Waals surface area contributed by atoms with Crippen LogP contribution in [-0.2, 0) is 23.6 Å². The summed E-state index contributed by atoms with van der Waals surface area (Å²) in [6.07, 6.45) is 1.61. The van der Waals surface area contributed by atoms with Crippen molar-refractivity contribution in [3.63, 3.8) is 0 Å². The van der Waals surface area contributed by atoms with Crippen molar-refractivity contribution in [2.45, 2.75) is 11.4 Å². The molecule has 0 bridgehead atoms. The SMILES string of the molecule is Cn1c(-c2ccccn2)nn(CCNS(=O)(=O)c2cccc(Cl)c2)c1=O. The lowest BCUT2D eigenvalue weighted by atomic mass is 10.3. The molecule has 8 nitrogen and oxygen atoms in total. The molecule has 0 aliphatic rings. The summed E-state index contributed by atoms with van der Waals surface area (Å²) in [5.74, 6) is 0.410. The zero-order chi connectivity index (χ0) is 18.7. The van der Waals surface area contributed by atoms with E-state index in [1.54, 1.807) is 43.6 Å². The Morgan fingerprint density at radius 1 is 1.19 bits per heavy atom. The van der Waals surface area contributed by atoms with Gasteiger partial charge in [0.15, 0.2) is 5.82 Å². The van der Waals surface area contributed by atoms with Crippen LogP contribution in [0.25, 0.3) is 11.5 Å². The lowest BCUT2D eigenvalue weighted by Crippen LogP contribution is -2.31. The minimum absolute atomic E-state index is 0.00737. The molecule has 0 unspecified atom stereocenters. The van der Waals surface area contributed by atoms with Crippen LogP contribution >= 0.6 is 11.6 Å². The van der Waals surface area contributed by atoms with Crippen molar-refractivity contribution < 1.29 is 8.42 Å². The average molecular weight is 394 g/mol. The summed E-state index contributed by atoms with van der Waals surface area (Å²) in [6, 6.07) is 11.3. The van der Waals surface area contributed by atoms with Crippen LogP contribution in [0.3, 0.4) is 0 Å². The topological polar surface area (TPSA) is 98.9 Å². The predicted molar refractivity (Wildman–Crippen MR) is 97.3 cm³/mol. The average Bonchev–Trinajstić information content (AvgIpc) is 2.91. The largest absolute Gasteiger partial charge is 0.346 e. The number of halogens is 1. The first kappa shape index (κ1) is 18.3. The monoisotopic (exact) mass is 393 g/mol. The molecule has 0 saturated heterocycles. The summed E-state index contributed by atoms with van der Waals surface area (Å²) in [5.41, 5.74) is 0.206. The summed E-state index contributed by atoms with van der Waals surface area (Å²) in [6.45, 7) is 0.0900. The fourth-order valence-corrected chi connectivity index (χ4v) is 3.68. The zero-order valence-electron chi connectivity index (χ0n) is 13.8. The Morgan fingerprint density at radius 2 is 2.00 bits per heavy atom. The maximum absolute atomic E-state index is 12.3. The number of aromatic nitrogens is 4. The van der Waals surface area contributed by atoms with E-state index in [-0.39, 0.29) is 23.7 Å². The Hall–Kier alpha value is -2.49. The molecule has 1 N–H and O–H groups in total. The summed E-state index contributed by atoms with van der Waals surface area (Å²) in [5, 5.41) is 4.56. The molecular weight excluding hydrogens is 378 g/mol. The van der Waals surface area contributed by atoms with Crippen molar-refractivity contribution in [2.75, 3.05) is 6.54 Å². The third kappa shape index (κ3) is 3.85. The van der Waals surface area contributed by atoms with Crippen LogP contribution in [0.2, 0.25) is 5.02 Å². The van der Waals surface area contributed by atoms with E-state index in [0.29, 0.717) is 16.5 Å². The molecule has 136 valence electrons. The molecule has 0 atom stereocenters. The van der Waals surface area contributed by atoms with Gasteiger partial charge in [-0.1, -0.05) is 23.7 Å². The standard InChI is InChI=1S/C16H16ClN5O3S/c1-21-15(14-7-2-3-8-18-14)20-22(16(21)23)10-9-19-26(24,25)13-6-4-5-12(17)11-13/h2-8,11,19H,9-10H2,1H3. The summed E-state index contributed by atoms with van der Waals surface area (Å²) < 4.78 is 29.5. The van der Waals surface area contributed by atoms with Crippen LogP contribution in [0.1, 0.15) is 0 Å². The second kappa shape index (κ2) is 7.40. The van der Waals surface area contributed by atoms with Crippen molar-refractivity contribution in [3.8, 4) is 11.5 Å². The number of sulfonamides is 1. The van der Waals surface area contributed by atoms with Gasteiger partial charge < -0.3 is 0 Å². The molecule has 0 saturated carbocycles. The van der Waals surface area contributed by atoms with E-state index in [2.05, 4.69) is 14.8 Å². The molecule has 26 heavy (non-hydrogen) atoms. The zero-order valence-corrected chi connectivity index (χ0v) is 15.4. The quantitative estimate of drug-likeness (QED) is 0.680. The van der Waals surface area contributed by atoms with E-state index < -0.39 is 10.0 Å². The van der Waals surface area contributed by atoms with Gasteiger partial charge in [0, 0.05) is 24.8 Å². The molecule has 0 aliphatic carbocycles. The Labute approximate surface area is 155 Å². The fourth-order valence-electron chi connectivity index (χ4n) is 2.36. The molecule has 10 heteroatoms. The van der Waals surface area contributed by atoms with Gasteiger partial charge in [0.05, 0.1) is 11.4 Å². The molecule has 0 radical (unpaired) electrons. The van der Waals surface area contributed by atoms with Gasteiger partial charge in [-0.2, -0.15) is 0 Å². The van der Waals surface area contributed by atoms with Gasteiger partial charge in [0.2, 0.25) is 10.0 Å². The number of benzene rings is 1. The maximum Gasteiger partial charge on any atom is 0.346 e. The molecule has 3 rings (SSSR count). The van der Waals surface area contributed by atoms with E-state index in [9.17, 15) is 13.2 Å². The Bertz CT molecular complexity index is 1080. The third-order valence-electron chi connectivity index (χ3n) is 3.66. The first-order valence-electron chi connectivity index (χ1n) is 7.69. The molecule has 0 aliphatic heterocycles. The molecule has 0 fully saturated rings. The minimum Gasteiger partial charge on any atom is -0.277 e. The summed E-state index contributed by atoms with van der Waals surface area (Å²) in [7, 11) is -2.13. The minimum atomic E-state index is -3.72. The van der Waals surface area contributed by atoms with Crippen molar-refractivity contribution >= 4 is 21.6 Å². The number of rotatable bonds is 6. The first-order chi connectivity index (χ1) is 12.4. The van der Waals surface area contributed by atoms with Gasteiger partial charge in [0.25, 0.3) is 0 Å². The highest BCUT2D eigenvalue weighted by molar-refractivity contribution is 7.89. The molecular formula is C16H16ClN5O3S. The van der Waals surface area contributed by atoms with Crippen LogP contribution < -0.4 is 10.4 Å². The van der Waals surface area contributed by atoms with Crippen molar-refractivity contribution in [3.05, 3.63) is 64.2 Å². The van der Waals surface area contributed by atoms with Gasteiger partial charge in [-0.25, -0.2) is 22.6 Å². The van der Waals surface area contributed by atoms with E-state index in [1.165, 1.54) is 21.4 Å². The molecule has 2 aromatic heterocycles. The van der Waals surface area contributed by atoms with E-state index in [4.69, 9.17) is 11.6 Å². The first-order valence-corrected chi connectivity index (χ1v) is 9.55. The highest BCUT2D eigenvalue weighted by Crippen LogP contribution is 2.15. The van der Waals surface area contributed by atoms with Gasteiger partial charge in [0.1, 0.15) is 5.69 Å². The lowest BCUT2D eigenvalue weighted by molar-refractivity contribution is 0.551. The highest BCUT2D eigenvalue weighted by atomic mass is 35.5. The molecule has 1 aromatic carbocycles. The van der Waals surface area contributed by atoms with Crippen LogP contribution in [0.4, 0.5) is 0 Å². The Kier molecular flexibility index (Phi) is 5.21. The van der Waals surface area contributed by atoms with Crippen LogP contribution in [0.15, 0.2) is 58.4 Å². The van der Waals surface area contributed by atoms with Crippen molar-refractivity contribution in [1.29, 1.82) is 0 Å². The second-order valence-corrected chi connectivity index (χ2v) is 7.66. The molecule has 3 aromatic rings. The Morgan fingerprint density at radius 3 is 2.69 bits per heavy atom. The van der Waals surface area contributed by atoms with Gasteiger partial charge >= 0.3 is 5.69 Å². The van der Waals surface area contributed by atoms with Crippen LogP contribution in [-0.4, -0.2) is 34.3 Å². The number of nitrogens with one attached hydrogen (secondary N) is 1. The van der Waals surface area contributed by atoms with Crippen LogP contribution in [0.5, 0.6) is 0 Å². The summed E-state index contributed by atoms with van der Waals surface area (Å²) >= 11 is 5.82. The molecule has 2 heterocycles. The van der Waals surface area contributed by atoms with E-state index in [1.807, 2.05) is 0 Å². The van der Waals surface area contributed by atoms with E-state index in [0.717, 1.165) is 0 Å². The highest BCUT2D eigenvalue weighted by Gasteiger charge is 2.16. The lowest BCUT2D eigenvalue weighted by Gasteiger charge is -2.06. The number of nitrogens with zero attached hydrogens (tertiary/aromatic N) is 4.